The summed E-state index contributed by atoms with van der Waals surface area (Å²) in [6.07, 6.45) is 8.16. The Morgan fingerprint density at radius 2 is 1.71 bits per heavy atom. The van der Waals surface area contributed by atoms with E-state index in [0.717, 1.165) is 45.6 Å². The quantitative estimate of drug-likeness (QED) is 0.644. The van der Waals surface area contributed by atoms with Gasteiger partial charge in [0.1, 0.15) is 0 Å². The van der Waals surface area contributed by atoms with Gasteiger partial charge in [-0.2, -0.15) is 0 Å². The predicted octanol–water partition coefficient (Wildman–Crippen LogP) is 3.56. The van der Waals surface area contributed by atoms with Gasteiger partial charge in [0.25, 0.3) is 0 Å². The highest BCUT2D eigenvalue weighted by molar-refractivity contribution is 5.79. The summed E-state index contributed by atoms with van der Waals surface area (Å²) in [5.74, 6) is 0.391. The first kappa shape index (κ1) is 20.8. The molecule has 2 aliphatic rings. The first-order valence-electron chi connectivity index (χ1n) is 10.7. The van der Waals surface area contributed by atoms with Crippen LogP contribution in [0.1, 0.15) is 31.2 Å². The maximum Gasteiger partial charge on any atom is 0.227 e. The van der Waals surface area contributed by atoms with Gasteiger partial charge in [-0.15, -0.1) is 13.2 Å². The van der Waals surface area contributed by atoms with E-state index in [2.05, 4.69) is 53.3 Å². The summed E-state index contributed by atoms with van der Waals surface area (Å²) in [5.41, 5.74) is 1.40. The number of piperidine rings is 2. The Kier molecular flexibility index (Phi) is 7.87. The number of hydrogen-bond donors (Lipinski definition) is 0. The lowest BCUT2D eigenvalue weighted by molar-refractivity contribution is -0.136. The second kappa shape index (κ2) is 10.6. The molecule has 3 rings (SSSR count). The van der Waals surface area contributed by atoms with Gasteiger partial charge in [-0.05, 0) is 50.9 Å². The molecule has 0 bridgehead atoms. The molecule has 1 atom stereocenters. The molecule has 0 radical (unpaired) electrons. The van der Waals surface area contributed by atoms with E-state index < -0.39 is 0 Å². The molecule has 0 spiro atoms. The van der Waals surface area contributed by atoms with Crippen molar-refractivity contribution < 1.29 is 4.79 Å². The normalized spacial score (nSPS) is 21.9. The number of rotatable bonds is 8. The Hall–Kier alpha value is -1.91. The van der Waals surface area contributed by atoms with Crippen LogP contribution in [0.4, 0.5) is 0 Å². The topological polar surface area (TPSA) is 26.8 Å². The summed E-state index contributed by atoms with van der Waals surface area (Å²) in [6.45, 7) is 14.2. The van der Waals surface area contributed by atoms with Crippen LogP contribution in [0.5, 0.6) is 0 Å². The summed E-state index contributed by atoms with van der Waals surface area (Å²) in [6, 6.07) is 11.4. The zero-order valence-electron chi connectivity index (χ0n) is 17.1. The number of amides is 1. The number of hydrogen-bond acceptors (Lipinski definition) is 3. The first-order chi connectivity index (χ1) is 13.7. The molecule has 4 nitrogen and oxygen atoms in total. The van der Waals surface area contributed by atoms with E-state index in [9.17, 15) is 4.79 Å². The fraction of sp³-hybridized carbons (Fsp3) is 0.542. The highest BCUT2D eigenvalue weighted by Gasteiger charge is 2.33. The van der Waals surface area contributed by atoms with Crippen molar-refractivity contribution in [2.24, 2.45) is 5.92 Å². The fourth-order valence-electron chi connectivity index (χ4n) is 4.65. The Morgan fingerprint density at radius 3 is 2.36 bits per heavy atom. The van der Waals surface area contributed by atoms with E-state index in [-0.39, 0.29) is 11.8 Å². The second-order valence-corrected chi connectivity index (χ2v) is 8.15. The minimum absolute atomic E-state index is 0.121. The molecule has 1 aromatic carbocycles. The van der Waals surface area contributed by atoms with Crippen LogP contribution < -0.4 is 0 Å². The zero-order valence-corrected chi connectivity index (χ0v) is 17.1. The van der Waals surface area contributed by atoms with Crippen LogP contribution in [0, 0.1) is 5.92 Å². The molecular formula is C24H35N3O. The van der Waals surface area contributed by atoms with Gasteiger partial charge < -0.3 is 4.90 Å². The zero-order chi connectivity index (χ0) is 19.8. The molecule has 0 N–H and O–H groups in total. The van der Waals surface area contributed by atoms with Crippen molar-refractivity contribution in [1.29, 1.82) is 0 Å². The van der Waals surface area contributed by atoms with Gasteiger partial charge in [-0.25, -0.2) is 0 Å². The monoisotopic (exact) mass is 381 g/mol. The standard InChI is InChI=1S/C24H35N3O/c1-3-14-26(15-4-2)24(28)22-11-8-16-27(20-22)23-12-17-25(18-13-23)19-21-9-6-5-7-10-21/h3-7,9-10,22-23H,1-2,8,11-20H2/t22-/m0/s1. The predicted molar refractivity (Wildman–Crippen MR) is 116 cm³/mol. The van der Waals surface area contributed by atoms with E-state index >= 15 is 0 Å². The Labute approximate surface area is 170 Å². The van der Waals surface area contributed by atoms with Gasteiger partial charge in [-0.1, -0.05) is 42.5 Å². The summed E-state index contributed by atoms with van der Waals surface area (Å²) in [7, 11) is 0. The Morgan fingerprint density at radius 1 is 1.04 bits per heavy atom. The first-order valence-corrected chi connectivity index (χ1v) is 10.7. The lowest BCUT2D eigenvalue weighted by Crippen LogP contribution is -2.51. The van der Waals surface area contributed by atoms with Crippen molar-refractivity contribution in [1.82, 2.24) is 14.7 Å². The smallest absolute Gasteiger partial charge is 0.227 e. The molecule has 0 aliphatic carbocycles. The van der Waals surface area contributed by atoms with Crippen molar-refractivity contribution in [2.75, 3.05) is 39.3 Å². The Balaban J connectivity index is 1.50. The van der Waals surface area contributed by atoms with Gasteiger partial charge in [-0.3, -0.25) is 14.6 Å². The third kappa shape index (κ3) is 5.55. The maximum absolute atomic E-state index is 13.0. The van der Waals surface area contributed by atoms with Crippen molar-refractivity contribution in [3.05, 3.63) is 61.2 Å². The van der Waals surface area contributed by atoms with E-state index in [4.69, 9.17) is 0 Å². The highest BCUT2D eigenvalue weighted by Crippen LogP contribution is 2.25. The minimum Gasteiger partial charge on any atom is -0.335 e. The number of carbonyl (C=O) groups excluding carboxylic acids is 1. The molecule has 2 saturated heterocycles. The summed E-state index contributed by atoms with van der Waals surface area (Å²) in [5, 5.41) is 0. The molecule has 4 heteroatoms. The highest BCUT2D eigenvalue weighted by atomic mass is 16.2. The van der Waals surface area contributed by atoms with Crippen molar-refractivity contribution in [3.63, 3.8) is 0 Å². The molecule has 2 heterocycles. The van der Waals surface area contributed by atoms with Crippen LogP contribution >= 0.6 is 0 Å². The molecule has 0 unspecified atom stereocenters. The molecule has 28 heavy (non-hydrogen) atoms. The third-order valence-corrected chi connectivity index (χ3v) is 6.14. The van der Waals surface area contributed by atoms with Crippen molar-refractivity contribution >= 4 is 5.91 Å². The summed E-state index contributed by atoms with van der Waals surface area (Å²) >= 11 is 0. The minimum atomic E-state index is 0.121. The van der Waals surface area contributed by atoms with Crippen LogP contribution in [0.25, 0.3) is 0 Å². The molecule has 1 aromatic rings. The van der Waals surface area contributed by atoms with E-state index in [1.54, 1.807) is 0 Å². The van der Waals surface area contributed by atoms with E-state index in [0.29, 0.717) is 19.1 Å². The third-order valence-electron chi connectivity index (χ3n) is 6.14. The molecule has 2 aliphatic heterocycles. The molecule has 0 saturated carbocycles. The van der Waals surface area contributed by atoms with Crippen LogP contribution in [-0.4, -0.2) is 65.9 Å². The molecule has 152 valence electrons. The fourth-order valence-corrected chi connectivity index (χ4v) is 4.65. The number of nitrogens with zero attached hydrogens (tertiary/aromatic N) is 3. The van der Waals surface area contributed by atoms with Crippen molar-refractivity contribution in [2.45, 2.75) is 38.3 Å². The second-order valence-electron chi connectivity index (χ2n) is 8.15. The largest absolute Gasteiger partial charge is 0.335 e. The van der Waals surface area contributed by atoms with Gasteiger partial charge in [0, 0.05) is 32.2 Å². The average molecular weight is 382 g/mol. The van der Waals surface area contributed by atoms with E-state index in [1.165, 1.54) is 18.4 Å². The van der Waals surface area contributed by atoms with Crippen LogP contribution in [0.15, 0.2) is 55.6 Å². The van der Waals surface area contributed by atoms with Crippen LogP contribution in [0.2, 0.25) is 0 Å². The molecule has 0 aromatic heterocycles. The van der Waals surface area contributed by atoms with Crippen molar-refractivity contribution in [3.8, 4) is 0 Å². The number of likely N-dealkylation sites (tertiary alicyclic amines) is 2. The lowest BCUT2D eigenvalue weighted by atomic mass is 9.92. The number of carbonyl (C=O) groups is 1. The summed E-state index contributed by atoms with van der Waals surface area (Å²) in [4.78, 5) is 20.0. The molecular weight excluding hydrogens is 346 g/mol. The maximum atomic E-state index is 13.0. The SMILES string of the molecule is C=CCN(CC=C)C(=O)[C@H]1CCCN(C2CCN(Cc3ccccc3)CC2)C1. The van der Waals surface area contributed by atoms with Crippen LogP contribution in [0.3, 0.4) is 0 Å². The molecule has 1 amide bonds. The van der Waals surface area contributed by atoms with Gasteiger partial charge >= 0.3 is 0 Å². The van der Waals surface area contributed by atoms with E-state index in [1.807, 2.05) is 17.1 Å². The lowest BCUT2D eigenvalue weighted by Gasteiger charge is -2.42. The molecule has 2 fully saturated rings. The van der Waals surface area contributed by atoms with Gasteiger partial charge in [0.15, 0.2) is 0 Å². The summed E-state index contributed by atoms with van der Waals surface area (Å²) < 4.78 is 0. The van der Waals surface area contributed by atoms with Crippen LogP contribution in [-0.2, 0) is 11.3 Å². The van der Waals surface area contributed by atoms with Gasteiger partial charge in [0.2, 0.25) is 5.91 Å². The number of benzene rings is 1. The van der Waals surface area contributed by atoms with Gasteiger partial charge in [0.05, 0.1) is 5.92 Å². The average Bonchev–Trinajstić information content (AvgIpc) is 2.74. The Bertz CT molecular complexity index is 627.